The first kappa shape index (κ1) is 21.2. The fourth-order valence-electron chi connectivity index (χ4n) is 2.66. The molecule has 1 N–H and O–H groups in total. The SMILES string of the molecule is COc1cc(C(=O)C(CO)Oc2c(OC)cccc2OC)cc(OC)c1OC. The molecular formula is C20H24O8. The maximum atomic E-state index is 13.0. The first-order valence-electron chi connectivity index (χ1n) is 8.37. The van der Waals surface area contributed by atoms with Gasteiger partial charge in [0.25, 0.3) is 0 Å². The van der Waals surface area contributed by atoms with Crippen LogP contribution in [0, 0.1) is 0 Å². The number of ether oxygens (including phenoxy) is 6. The summed E-state index contributed by atoms with van der Waals surface area (Å²) in [5, 5.41) is 9.79. The molecule has 1 unspecified atom stereocenters. The van der Waals surface area contributed by atoms with E-state index in [0.717, 1.165) is 0 Å². The molecule has 0 amide bonds. The molecule has 8 nitrogen and oxygen atoms in total. The largest absolute Gasteiger partial charge is 0.493 e. The Bertz CT molecular complexity index is 771. The van der Waals surface area contributed by atoms with Crippen LogP contribution in [-0.2, 0) is 0 Å². The van der Waals surface area contributed by atoms with Crippen molar-refractivity contribution in [1.82, 2.24) is 0 Å². The Morgan fingerprint density at radius 1 is 0.821 bits per heavy atom. The Labute approximate surface area is 163 Å². The highest BCUT2D eigenvalue weighted by Crippen LogP contribution is 2.40. The van der Waals surface area contributed by atoms with Crippen molar-refractivity contribution in [1.29, 1.82) is 0 Å². The van der Waals surface area contributed by atoms with Crippen molar-refractivity contribution < 1.29 is 38.3 Å². The Morgan fingerprint density at radius 2 is 1.32 bits per heavy atom. The Kier molecular flexibility index (Phi) is 7.34. The van der Waals surface area contributed by atoms with Gasteiger partial charge in [-0.05, 0) is 24.3 Å². The van der Waals surface area contributed by atoms with Gasteiger partial charge in [0.1, 0.15) is 0 Å². The molecular weight excluding hydrogens is 368 g/mol. The summed E-state index contributed by atoms with van der Waals surface area (Å²) in [4.78, 5) is 13.0. The zero-order valence-corrected chi connectivity index (χ0v) is 16.5. The summed E-state index contributed by atoms with van der Waals surface area (Å²) < 4.78 is 32.1. The number of aliphatic hydroxyl groups is 1. The van der Waals surface area contributed by atoms with E-state index < -0.39 is 18.5 Å². The van der Waals surface area contributed by atoms with Gasteiger partial charge in [-0.1, -0.05) is 6.07 Å². The van der Waals surface area contributed by atoms with Gasteiger partial charge in [0.15, 0.2) is 29.1 Å². The molecule has 0 aliphatic heterocycles. The molecule has 1 atom stereocenters. The first-order valence-corrected chi connectivity index (χ1v) is 8.37. The lowest BCUT2D eigenvalue weighted by atomic mass is 10.0. The van der Waals surface area contributed by atoms with Gasteiger partial charge >= 0.3 is 0 Å². The van der Waals surface area contributed by atoms with Crippen LogP contribution in [0.3, 0.4) is 0 Å². The number of hydrogen-bond acceptors (Lipinski definition) is 8. The molecule has 0 spiro atoms. The number of Topliss-reactive ketones (excluding diaryl/α,β-unsaturated/α-hetero) is 1. The average Bonchev–Trinajstić information content (AvgIpc) is 2.75. The van der Waals surface area contributed by atoms with E-state index in [1.807, 2.05) is 0 Å². The second-order valence-electron chi connectivity index (χ2n) is 5.56. The number of carbonyl (C=O) groups excluding carboxylic acids is 1. The monoisotopic (exact) mass is 392 g/mol. The van der Waals surface area contributed by atoms with Gasteiger partial charge in [0.05, 0.1) is 42.2 Å². The third kappa shape index (κ3) is 4.23. The molecule has 0 aliphatic carbocycles. The molecule has 152 valence electrons. The second kappa shape index (κ2) is 9.70. The van der Waals surface area contributed by atoms with Gasteiger partial charge in [-0.15, -0.1) is 0 Å². The molecule has 28 heavy (non-hydrogen) atoms. The molecule has 8 heteroatoms. The lowest BCUT2D eigenvalue weighted by Gasteiger charge is -2.20. The smallest absolute Gasteiger partial charge is 0.205 e. The normalized spacial score (nSPS) is 11.4. The van der Waals surface area contributed by atoms with Crippen molar-refractivity contribution in [3.8, 4) is 34.5 Å². The van der Waals surface area contributed by atoms with Crippen LogP contribution in [0.4, 0.5) is 0 Å². The molecule has 0 radical (unpaired) electrons. The minimum atomic E-state index is -1.20. The van der Waals surface area contributed by atoms with Crippen molar-refractivity contribution in [3.63, 3.8) is 0 Å². The van der Waals surface area contributed by atoms with E-state index in [2.05, 4.69) is 0 Å². The Morgan fingerprint density at radius 3 is 1.71 bits per heavy atom. The quantitative estimate of drug-likeness (QED) is 0.616. The summed E-state index contributed by atoms with van der Waals surface area (Å²) in [6.07, 6.45) is -1.20. The Balaban J connectivity index is 2.42. The number of hydrogen-bond donors (Lipinski definition) is 1. The van der Waals surface area contributed by atoms with Gasteiger partial charge in [0, 0.05) is 5.56 Å². The van der Waals surface area contributed by atoms with E-state index in [-0.39, 0.29) is 11.3 Å². The van der Waals surface area contributed by atoms with Gasteiger partial charge < -0.3 is 33.5 Å². The van der Waals surface area contributed by atoms with Gasteiger partial charge in [-0.2, -0.15) is 0 Å². The summed E-state index contributed by atoms with van der Waals surface area (Å²) in [6, 6.07) is 8.04. The van der Waals surface area contributed by atoms with Crippen molar-refractivity contribution in [2.24, 2.45) is 0 Å². The minimum Gasteiger partial charge on any atom is -0.493 e. The predicted molar refractivity (Wildman–Crippen MR) is 101 cm³/mol. The maximum absolute atomic E-state index is 13.0. The summed E-state index contributed by atoms with van der Waals surface area (Å²) in [7, 11) is 7.30. The number of rotatable bonds is 10. The van der Waals surface area contributed by atoms with E-state index in [1.54, 1.807) is 18.2 Å². The summed E-state index contributed by atoms with van der Waals surface area (Å²) >= 11 is 0. The standard InChI is InChI=1S/C20H24O8/c1-23-13-7-6-8-14(24-2)20(13)28-17(11-21)18(22)12-9-15(25-3)19(27-5)16(10-12)26-4/h6-10,17,21H,11H2,1-5H3. The molecule has 2 aromatic carbocycles. The molecule has 0 saturated heterocycles. The van der Waals surface area contributed by atoms with E-state index in [0.29, 0.717) is 28.7 Å². The summed E-state index contributed by atoms with van der Waals surface area (Å²) in [6.45, 7) is -0.559. The topological polar surface area (TPSA) is 92.7 Å². The van der Waals surface area contributed by atoms with E-state index >= 15 is 0 Å². The highest BCUT2D eigenvalue weighted by atomic mass is 16.6. The highest BCUT2D eigenvalue weighted by molar-refractivity contribution is 6.01. The van der Waals surface area contributed by atoms with Crippen LogP contribution in [0.1, 0.15) is 10.4 Å². The molecule has 0 heterocycles. The van der Waals surface area contributed by atoms with Gasteiger partial charge in [-0.25, -0.2) is 0 Å². The van der Waals surface area contributed by atoms with Crippen LogP contribution in [-0.4, -0.2) is 59.1 Å². The molecule has 0 saturated carbocycles. The molecule has 2 rings (SSSR count). The third-order valence-electron chi connectivity index (χ3n) is 4.05. The first-order chi connectivity index (χ1) is 13.5. The molecule has 0 fully saturated rings. The van der Waals surface area contributed by atoms with Crippen LogP contribution in [0.25, 0.3) is 0 Å². The maximum Gasteiger partial charge on any atom is 0.205 e. The van der Waals surface area contributed by atoms with Gasteiger partial charge in [0.2, 0.25) is 17.3 Å². The molecule has 2 aromatic rings. The van der Waals surface area contributed by atoms with E-state index in [1.165, 1.54) is 47.7 Å². The van der Waals surface area contributed by atoms with Crippen molar-refractivity contribution >= 4 is 5.78 Å². The van der Waals surface area contributed by atoms with Crippen LogP contribution < -0.4 is 28.4 Å². The van der Waals surface area contributed by atoms with Crippen LogP contribution in [0.2, 0.25) is 0 Å². The van der Waals surface area contributed by atoms with Crippen LogP contribution in [0.5, 0.6) is 34.5 Å². The number of ketones is 1. The molecule has 0 aromatic heterocycles. The Hall–Kier alpha value is -3.13. The number of para-hydroxylation sites is 1. The average molecular weight is 392 g/mol. The number of methoxy groups -OCH3 is 5. The number of benzene rings is 2. The number of aliphatic hydroxyl groups excluding tert-OH is 1. The summed E-state index contributed by atoms with van der Waals surface area (Å²) in [5.74, 6) is 1.47. The van der Waals surface area contributed by atoms with Crippen molar-refractivity contribution in [3.05, 3.63) is 35.9 Å². The van der Waals surface area contributed by atoms with E-state index in [9.17, 15) is 9.90 Å². The van der Waals surface area contributed by atoms with Gasteiger partial charge in [-0.3, -0.25) is 4.79 Å². The fraction of sp³-hybridized carbons (Fsp3) is 0.350. The minimum absolute atomic E-state index is 0.215. The fourth-order valence-corrected chi connectivity index (χ4v) is 2.66. The molecule has 0 aliphatic rings. The number of carbonyl (C=O) groups is 1. The molecule has 0 bridgehead atoms. The highest BCUT2D eigenvalue weighted by Gasteiger charge is 2.27. The van der Waals surface area contributed by atoms with Crippen molar-refractivity contribution in [2.45, 2.75) is 6.10 Å². The van der Waals surface area contributed by atoms with E-state index in [4.69, 9.17) is 28.4 Å². The van der Waals surface area contributed by atoms with Crippen LogP contribution >= 0.6 is 0 Å². The second-order valence-corrected chi connectivity index (χ2v) is 5.56. The predicted octanol–water partition coefficient (Wildman–Crippen LogP) is 2.35. The summed E-state index contributed by atoms with van der Waals surface area (Å²) in [5.41, 5.74) is 0.224. The lowest BCUT2D eigenvalue weighted by Crippen LogP contribution is -2.31. The van der Waals surface area contributed by atoms with Crippen molar-refractivity contribution in [2.75, 3.05) is 42.2 Å². The third-order valence-corrected chi connectivity index (χ3v) is 4.05. The zero-order chi connectivity index (χ0) is 20.7. The zero-order valence-electron chi connectivity index (χ0n) is 16.5. The lowest BCUT2D eigenvalue weighted by molar-refractivity contribution is 0.0643. The van der Waals surface area contributed by atoms with Crippen LogP contribution in [0.15, 0.2) is 30.3 Å².